The number of nitrogens with zero attached hydrogens (tertiary/aromatic N) is 1. The van der Waals surface area contributed by atoms with Crippen molar-refractivity contribution in [2.45, 2.75) is 26.2 Å². The lowest BCUT2D eigenvalue weighted by atomic mass is 10.0. The molecule has 1 unspecified atom stereocenters. The van der Waals surface area contributed by atoms with Crippen molar-refractivity contribution in [2.24, 2.45) is 5.92 Å². The maximum Gasteiger partial charge on any atom is 0.230 e. The molecular formula is C20H22N2O4. The third-order valence-corrected chi connectivity index (χ3v) is 5.06. The van der Waals surface area contributed by atoms with E-state index in [1.54, 1.807) is 4.90 Å². The van der Waals surface area contributed by atoms with Crippen LogP contribution in [0.25, 0.3) is 0 Å². The molecule has 2 amide bonds. The number of aryl methyl sites for hydroxylation is 1. The highest BCUT2D eigenvalue weighted by Gasteiger charge is 2.35. The number of ether oxygens (including phenoxy) is 2. The number of carbonyl (C=O) groups is 2. The van der Waals surface area contributed by atoms with Gasteiger partial charge in [0, 0.05) is 31.6 Å². The van der Waals surface area contributed by atoms with Gasteiger partial charge in [-0.2, -0.15) is 0 Å². The number of amides is 2. The van der Waals surface area contributed by atoms with Gasteiger partial charge < -0.3 is 19.7 Å². The average Bonchev–Trinajstić information content (AvgIpc) is 3.26. The average molecular weight is 354 g/mol. The van der Waals surface area contributed by atoms with Crippen LogP contribution < -0.4 is 10.2 Å². The summed E-state index contributed by atoms with van der Waals surface area (Å²) in [7, 11) is 0. The molecule has 1 atom stereocenters. The minimum Gasteiger partial charge on any atom is -0.458 e. The number of hydrogen-bond acceptors (Lipinski definition) is 4. The lowest BCUT2D eigenvalue weighted by Crippen LogP contribution is -2.34. The summed E-state index contributed by atoms with van der Waals surface area (Å²) in [5, 5.41) is 2.97. The van der Waals surface area contributed by atoms with Crippen LogP contribution in [-0.2, 0) is 19.1 Å². The highest BCUT2D eigenvalue weighted by molar-refractivity contribution is 6.00. The summed E-state index contributed by atoms with van der Waals surface area (Å²) < 4.78 is 10.8. The Morgan fingerprint density at radius 1 is 1.23 bits per heavy atom. The molecule has 0 aromatic heterocycles. The van der Waals surface area contributed by atoms with E-state index in [1.807, 2.05) is 37.3 Å². The second-order valence-electron chi connectivity index (χ2n) is 6.96. The number of anilines is 1. The summed E-state index contributed by atoms with van der Waals surface area (Å²) in [5.74, 6) is 1.29. The minimum atomic E-state index is -0.311. The van der Waals surface area contributed by atoms with Crippen LogP contribution in [0.3, 0.4) is 0 Å². The van der Waals surface area contributed by atoms with E-state index in [9.17, 15) is 9.59 Å². The van der Waals surface area contributed by atoms with E-state index in [0.29, 0.717) is 13.1 Å². The van der Waals surface area contributed by atoms with Gasteiger partial charge in [0.1, 0.15) is 5.76 Å². The third kappa shape index (κ3) is 3.31. The van der Waals surface area contributed by atoms with Crippen molar-refractivity contribution in [3.63, 3.8) is 0 Å². The molecule has 0 bridgehead atoms. The van der Waals surface area contributed by atoms with Gasteiger partial charge in [-0.1, -0.05) is 17.7 Å². The highest BCUT2D eigenvalue weighted by atomic mass is 16.7. The van der Waals surface area contributed by atoms with Crippen LogP contribution in [0.2, 0.25) is 0 Å². The van der Waals surface area contributed by atoms with Crippen LogP contribution in [0.4, 0.5) is 5.69 Å². The Morgan fingerprint density at radius 2 is 2.04 bits per heavy atom. The molecule has 1 N–H and O–H groups in total. The SMILES string of the molecule is Cc1ccc(N2CC(C(=O)NCC3=CC4=C(CC3)OCO4)CC2=O)cc1. The van der Waals surface area contributed by atoms with Crippen molar-refractivity contribution >= 4 is 17.5 Å². The van der Waals surface area contributed by atoms with E-state index in [0.717, 1.165) is 41.2 Å². The molecule has 1 aromatic carbocycles. The fraction of sp³-hybridized carbons (Fsp3) is 0.400. The first-order valence-corrected chi connectivity index (χ1v) is 8.93. The van der Waals surface area contributed by atoms with Crippen molar-refractivity contribution in [3.8, 4) is 0 Å². The zero-order chi connectivity index (χ0) is 18.1. The Balaban J connectivity index is 1.34. The van der Waals surface area contributed by atoms with Crippen LogP contribution in [0, 0.1) is 12.8 Å². The number of nitrogens with one attached hydrogen (secondary N) is 1. The van der Waals surface area contributed by atoms with Crippen molar-refractivity contribution in [1.29, 1.82) is 0 Å². The van der Waals surface area contributed by atoms with Crippen molar-refractivity contribution in [1.82, 2.24) is 5.32 Å². The molecule has 6 heteroatoms. The molecule has 0 saturated carbocycles. The molecule has 1 aliphatic carbocycles. The second-order valence-corrected chi connectivity index (χ2v) is 6.96. The molecule has 2 aliphatic heterocycles. The van der Waals surface area contributed by atoms with Gasteiger partial charge in [-0.05, 0) is 37.1 Å². The molecule has 1 aromatic rings. The Labute approximate surface area is 152 Å². The van der Waals surface area contributed by atoms with Crippen LogP contribution in [0.15, 0.2) is 47.4 Å². The number of carbonyl (C=O) groups excluding carboxylic acids is 2. The summed E-state index contributed by atoms with van der Waals surface area (Å²) >= 11 is 0. The smallest absolute Gasteiger partial charge is 0.230 e. The lowest BCUT2D eigenvalue weighted by Gasteiger charge is -2.17. The number of hydrogen-bond donors (Lipinski definition) is 1. The zero-order valence-electron chi connectivity index (χ0n) is 14.8. The zero-order valence-corrected chi connectivity index (χ0v) is 14.8. The van der Waals surface area contributed by atoms with E-state index in [1.165, 1.54) is 0 Å². The molecule has 0 radical (unpaired) electrons. The molecule has 1 saturated heterocycles. The summed E-state index contributed by atoms with van der Waals surface area (Å²) in [6, 6.07) is 7.80. The van der Waals surface area contributed by atoms with Crippen LogP contribution in [0.1, 0.15) is 24.8 Å². The first-order chi connectivity index (χ1) is 12.6. The van der Waals surface area contributed by atoms with Gasteiger partial charge in [-0.25, -0.2) is 0 Å². The maximum absolute atomic E-state index is 12.5. The van der Waals surface area contributed by atoms with Crippen LogP contribution in [0.5, 0.6) is 0 Å². The van der Waals surface area contributed by atoms with Gasteiger partial charge in [-0.15, -0.1) is 0 Å². The molecule has 0 spiro atoms. The number of allylic oxidation sites excluding steroid dienone is 2. The fourth-order valence-corrected chi connectivity index (χ4v) is 3.51. The van der Waals surface area contributed by atoms with Gasteiger partial charge in [0.05, 0.1) is 5.92 Å². The summed E-state index contributed by atoms with van der Waals surface area (Å²) in [4.78, 5) is 26.5. The van der Waals surface area contributed by atoms with Gasteiger partial charge >= 0.3 is 0 Å². The van der Waals surface area contributed by atoms with E-state index < -0.39 is 0 Å². The summed E-state index contributed by atoms with van der Waals surface area (Å²) in [6.45, 7) is 3.20. The lowest BCUT2D eigenvalue weighted by molar-refractivity contribution is -0.126. The van der Waals surface area contributed by atoms with Gasteiger partial charge in [0.15, 0.2) is 5.76 Å². The van der Waals surface area contributed by atoms with E-state index >= 15 is 0 Å². The standard InChI is InChI=1S/C20H22N2O4/c1-13-2-5-16(6-3-13)22-11-15(9-19(22)23)20(24)21-10-14-4-7-17-18(8-14)26-12-25-17/h2-3,5-6,8,15H,4,7,9-12H2,1H3,(H,21,24). The number of rotatable bonds is 4. The van der Waals surface area contributed by atoms with Gasteiger partial charge in [0.2, 0.25) is 18.6 Å². The molecule has 1 fully saturated rings. The Kier molecular flexibility index (Phi) is 4.41. The molecule has 4 rings (SSSR count). The molecule has 3 aliphatic rings. The summed E-state index contributed by atoms with van der Waals surface area (Å²) in [6.07, 6.45) is 3.86. The first-order valence-electron chi connectivity index (χ1n) is 8.93. The highest BCUT2D eigenvalue weighted by Crippen LogP contribution is 2.30. The third-order valence-electron chi connectivity index (χ3n) is 5.06. The number of benzene rings is 1. The van der Waals surface area contributed by atoms with Crippen LogP contribution in [-0.4, -0.2) is 31.7 Å². The fourth-order valence-electron chi connectivity index (χ4n) is 3.51. The van der Waals surface area contributed by atoms with E-state index in [2.05, 4.69) is 5.32 Å². The van der Waals surface area contributed by atoms with Crippen molar-refractivity contribution < 1.29 is 19.1 Å². The maximum atomic E-state index is 12.5. The minimum absolute atomic E-state index is 0.00260. The van der Waals surface area contributed by atoms with E-state index in [-0.39, 0.29) is 30.9 Å². The Bertz CT molecular complexity index is 795. The predicted molar refractivity (Wildman–Crippen MR) is 96.0 cm³/mol. The topological polar surface area (TPSA) is 67.9 Å². The molecule has 136 valence electrons. The molecule has 6 nitrogen and oxygen atoms in total. The molecule has 26 heavy (non-hydrogen) atoms. The summed E-state index contributed by atoms with van der Waals surface area (Å²) in [5.41, 5.74) is 3.11. The molecule has 2 heterocycles. The largest absolute Gasteiger partial charge is 0.458 e. The Hall–Kier alpha value is -2.76. The first kappa shape index (κ1) is 16.7. The molecular weight excluding hydrogens is 332 g/mol. The van der Waals surface area contributed by atoms with Crippen LogP contribution >= 0.6 is 0 Å². The normalized spacial score (nSPS) is 21.9. The predicted octanol–water partition coefficient (Wildman–Crippen LogP) is 2.40. The quantitative estimate of drug-likeness (QED) is 0.902. The van der Waals surface area contributed by atoms with E-state index in [4.69, 9.17) is 9.47 Å². The van der Waals surface area contributed by atoms with Gasteiger partial charge in [-0.3, -0.25) is 9.59 Å². The Morgan fingerprint density at radius 3 is 2.85 bits per heavy atom. The van der Waals surface area contributed by atoms with Crippen molar-refractivity contribution in [3.05, 3.63) is 53.0 Å². The monoisotopic (exact) mass is 354 g/mol. The van der Waals surface area contributed by atoms with Gasteiger partial charge in [0.25, 0.3) is 0 Å². The van der Waals surface area contributed by atoms with Crippen molar-refractivity contribution in [2.75, 3.05) is 24.8 Å². The second kappa shape index (κ2) is 6.86.